The SMILES string of the molecule is COc1cc(/C=C2\N=C(c3ccc(Cl)cc3)OC2=O)ccc1OC(=O)/C=C/c1ccccc1. The summed E-state index contributed by atoms with van der Waals surface area (Å²) < 4.78 is 16.0. The number of carbonyl (C=O) groups excluding carboxylic acids is 2. The Hall–Kier alpha value is -4.16. The molecule has 7 heteroatoms. The van der Waals surface area contributed by atoms with E-state index in [1.807, 2.05) is 30.3 Å². The van der Waals surface area contributed by atoms with E-state index in [0.717, 1.165) is 5.56 Å². The summed E-state index contributed by atoms with van der Waals surface area (Å²) in [6, 6.07) is 21.1. The molecule has 0 saturated carbocycles. The van der Waals surface area contributed by atoms with E-state index in [-0.39, 0.29) is 17.3 Å². The van der Waals surface area contributed by atoms with E-state index in [4.69, 9.17) is 25.8 Å². The molecule has 164 valence electrons. The second kappa shape index (κ2) is 9.97. The Morgan fingerprint density at radius 2 is 1.73 bits per heavy atom. The molecular formula is C26H18ClNO5. The summed E-state index contributed by atoms with van der Waals surface area (Å²) in [7, 11) is 1.46. The zero-order valence-corrected chi connectivity index (χ0v) is 18.3. The third-order valence-electron chi connectivity index (χ3n) is 4.62. The molecule has 0 spiro atoms. The lowest BCUT2D eigenvalue weighted by Gasteiger charge is -2.08. The van der Waals surface area contributed by atoms with Gasteiger partial charge in [0.05, 0.1) is 7.11 Å². The minimum Gasteiger partial charge on any atom is -0.493 e. The van der Waals surface area contributed by atoms with Crippen molar-refractivity contribution >= 4 is 41.6 Å². The molecule has 0 radical (unpaired) electrons. The lowest BCUT2D eigenvalue weighted by Crippen LogP contribution is -2.05. The monoisotopic (exact) mass is 459 g/mol. The largest absolute Gasteiger partial charge is 0.493 e. The van der Waals surface area contributed by atoms with E-state index in [9.17, 15) is 9.59 Å². The number of nitrogens with zero attached hydrogens (tertiary/aromatic N) is 1. The quantitative estimate of drug-likeness (QED) is 0.283. The normalized spacial score (nSPS) is 14.3. The summed E-state index contributed by atoms with van der Waals surface area (Å²) in [6.45, 7) is 0. The Morgan fingerprint density at radius 3 is 2.45 bits per heavy atom. The van der Waals surface area contributed by atoms with Gasteiger partial charge >= 0.3 is 11.9 Å². The van der Waals surface area contributed by atoms with Crippen molar-refractivity contribution in [1.29, 1.82) is 0 Å². The molecular weight excluding hydrogens is 442 g/mol. The molecule has 3 aromatic rings. The van der Waals surface area contributed by atoms with Gasteiger partial charge in [-0.15, -0.1) is 0 Å². The Kier molecular flexibility index (Phi) is 6.66. The number of hydrogen-bond donors (Lipinski definition) is 0. The van der Waals surface area contributed by atoms with Gasteiger partial charge in [-0.25, -0.2) is 14.6 Å². The molecule has 33 heavy (non-hydrogen) atoms. The van der Waals surface area contributed by atoms with Crippen molar-refractivity contribution in [2.75, 3.05) is 7.11 Å². The van der Waals surface area contributed by atoms with Crippen LogP contribution in [0.3, 0.4) is 0 Å². The van der Waals surface area contributed by atoms with Crippen LogP contribution in [0.2, 0.25) is 5.02 Å². The highest BCUT2D eigenvalue weighted by atomic mass is 35.5. The fourth-order valence-electron chi connectivity index (χ4n) is 3.01. The molecule has 0 unspecified atom stereocenters. The molecule has 0 aliphatic carbocycles. The summed E-state index contributed by atoms with van der Waals surface area (Å²) in [4.78, 5) is 28.7. The standard InChI is InChI=1S/C26H18ClNO5/c1-31-23-16-18(7-13-22(23)32-24(29)14-8-17-5-3-2-4-6-17)15-21-26(30)33-25(28-21)19-9-11-20(27)12-10-19/h2-16H,1H3/b14-8+,21-15-. The Balaban J connectivity index is 1.51. The van der Waals surface area contributed by atoms with Gasteiger partial charge < -0.3 is 14.2 Å². The second-order valence-corrected chi connectivity index (χ2v) is 7.35. The van der Waals surface area contributed by atoms with Crippen molar-refractivity contribution in [3.63, 3.8) is 0 Å². The maximum Gasteiger partial charge on any atom is 0.363 e. The number of hydrogen-bond acceptors (Lipinski definition) is 6. The van der Waals surface area contributed by atoms with Crippen LogP contribution in [0.15, 0.2) is 89.6 Å². The first-order chi connectivity index (χ1) is 16.0. The predicted molar refractivity (Wildman–Crippen MR) is 126 cm³/mol. The minimum absolute atomic E-state index is 0.137. The Morgan fingerprint density at radius 1 is 0.970 bits per heavy atom. The van der Waals surface area contributed by atoms with Gasteiger partial charge in [-0.05, 0) is 59.7 Å². The molecule has 0 amide bonds. The zero-order chi connectivity index (χ0) is 23.2. The summed E-state index contributed by atoms with van der Waals surface area (Å²) in [5, 5.41) is 0.572. The van der Waals surface area contributed by atoms with Crippen molar-refractivity contribution in [2.24, 2.45) is 4.99 Å². The highest BCUT2D eigenvalue weighted by Crippen LogP contribution is 2.30. The average molecular weight is 460 g/mol. The van der Waals surface area contributed by atoms with Crippen LogP contribution in [0.1, 0.15) is 16.7 Å². The Labute approximate surface area is 195 Å². The lowest BCUT2D eigenvalue weighted by molar-refractivity contribution is -0.130. The highest BCUT2D eigenvalue weighted by Gasteiger charge is 2.24. The average Bonchev–Trinajstić information content (AvgIpc) is 3.19. The molecule has 0 bridgehead atoms. The number of esters is 2. The van der Waals surface area contributed by atoms with Crippen molar-refractivity contribution < 1.29 is 23.8 Å². The van der Waals surface area contributed by atoms with Gasteiger partial charge in [-0.1, -0.05) is 48.0 Å². The van der Waals surface area contributed by atoms with Crippen LogP contribution < -0.4 is 9.47 Å². The van der Waals surface area contributed by atoms with Crippen LogP contribution in [0.25, 0.3) is 12.2 Å². The molecule has 1 heterocycles. The number of halogens is 1. The highest BCUT2D eigenvalue weighted by molar-refractivity contribution is 6.30. The number of benzene rings is 3. The second-order valence-electron chi connectivity index (χ2n) is 6.92. The van der Waals surface area contributed by atoms with E-state index in [2.05, 4.69) is 4.99 Å². The van der Waals surface area contributed by atoms with Crippen LogP contribution in [-0.4, -0.2) is 24.9 Å². The van der Waals surface area contributed by atoms with E-state index in [1.54, 1.807) is 54.6 Å². The molecule has 4 rings (SSSR count). The van der Waals surface area contributed by atoms with Crippen molar-refractivity contribution in [3.05, 3.63) is 106 Å². The van der Waals surface area contributed by atoms with Crippen LogP contribution in [0.5, 0.6) is 11.5 Å². The molecule has 1 aliphatic rings. The first-order valence-corrected chi connectivity index (χ1v) is 10.3. The molecule has 0 atom stereocenters. The number of aliphatic imine (C=N–C) groups is 1. The zero-order valence-electron chi connectivity index (χ0n) is 17.5. The molecule has 3 aromatic carbocycles. The fourth-order valence-corrected chi connectivity index (χ4v) is 3.14. The van der Waals surface area contributed by atoms with Gasteiger partial charge in [-0.3, -0.25) is 0 Å². The minimum atomic E-state index is -0.569. The van der Waals surface area contributed by atoms with Crippen molar-refractivity contribution in [1.82, 2.24) is 0 Å². The van der Waals surface area contributed by atoms with E-state index < -0.39 is 11.9 Å². The fraction of sp³-hybridized carbons (Fsp3) is 0.0385. The summed E-state index contributed by atoms with van der Waals surface area (Å²) in [5.41, 5.74) is 2.28. The van der Waals surface area contributed by atoms with Gasteiger partial charge in [0.1, 0.15) is 0 Å². The van der Waals surface area contributed by atoms with Crippen LogP contribution in [0.4, 0.5) is 0 Å². The van der Waals surface area contributed by atoms with E-state index in [1.165, 1.54) is 13.2 Å². The first kappa shape index (κ1) is 22.0. The van der Waals surface area contributed by atoms with Gasteiger partial charge in [0.15, 0.2) is 17.2 Å². The molecule has 0 fully saturated rings. The number of carbonyl (C=O) groups is 2. The third-order valence-corrected chi connectivity index (χ3v) is 4.88. The van der Waals surface area contributed by atoms with Crippen LogP contribution >= 0.6 is 11.6 Å². The lowest BCUT2D eigenvalue weighted by atomic mass is 10.1. The number of ether oxygens (including phenoxy) is 3. The number of rotatable bonds is 6. The van der Waals surface area contributed by atoms with Crippen LogP contribution in [0, 0.1) is 0 Å². The maximum atomic E-state index is 12.2. The predicted octanol–water partition coefficient (Wildman–Crippen LogP) is 5.31. The molecule has 0 aromatic heterocycles. The number of methoxy groups -OCH3 is 1. The van der Waals surface area contributed by atoms with E-state index in [0.29, 0.717) is 21.9 Å². The molecule has 6 nitrogen and oxygen atoms in total. The van der Waals surface area contributed by atoms with Gasteiger partial charge in [0, 0.05) is 16.7 Å². The summed E-state index contributed by atoms with van der Waals surface area (Å²) >= 11 is 5.90. The van der Waals surface area contributed by atoms with Crippen molar-refractivity contribution in [2.45, 2.75) is 0 Å². The smallest absolute Gasteiger partial charge is 0.363 e. The van der Waals surface area contributed by atoms with E-state index >= 15 is 0 Å². The third kappa shape index (κ3) is 5.56. The van der Waals surface area contributed by atoms with Gasteiger partial charge in [-0.2, -0.15) is 0 Å². The molecule has 1 aliphatic heterocycles. The first-order valence-electron chi connectivity index (χ1n) is 9.93. The van der Waals surface area contributed by atoms with Gasteiger partial charge in [0.25, 0.3) is 0 Å². The topological polar surface area (TPSA) is 74.2 Å². The van der Waals surface area contributed by atoms with Crippen molar-refractivity contribution in [3.8, 4) is 11.5 Å². The van der Waals surface area contributed by atoms with Crippen LogP contribution in [-0.2, 0) is 14.3 Å². The van der Waals surface area contributed by atoms with Gasteiger partial charge in [0.2, 0.25) is 5.90 Å². The summed E-state index contributed by atoms with van der Waals surface area (Å²) in [5.74, 6) is -0.327. The Bertz CT molecular complexity index is 1280. The number of cyclic esters (lactones) is 1. The maximum absolute atomic E-state index is 12.2. The summed E-state index contributed by atoms with van der Waals surface area (Å²) in [6.07, 6.45) is 4.57. The molecule has 0 saturated heterocycles. The molecule has 0 N–H and O–H groups in total.